The van der Waals surface area contributed by atoms with Gasteiger partial charge in [0.05, 0.1) is 7.11 Å². The maximum Gasteiger partial charge on any atom is 0.327 e. The Morgan fingerprint density at radius 3 is 2.71 bits per heavy atom. The maximum absolute atomic E-state index is 12.9. The highest BCUT2D eigenvalue weighted by Gasteiger charge is 2.17. The van der Waals surface area contributed by atoms with Crippen molar-refractivity contribution in [2.45, 2.75) is 6.04 Å². The van der Waals surface area contributed by atoms with Crippen LogP contribution in [0, 0.1) is 5.82 Å². The van der Waals surface area contributed by atoms with Crippen LogP contribution in [0.15, 0.2) is 18.2 Å². The first-order valence-corrected chi connectivity index (χ1v) is 4.22. The van der Waals surface area contributed by atoms with Gasteiger partial charge in [0.2, 0.25) is 0 Å². The molecule has 0 aromatic heterocycles. The lowest BCUT2D eigenvalue weighted by atomic mass is 10.1. The fourth-order valence-corrected chi connectivity index (χ4v) is 1.25. The van der Waals surface area contributed by atoms with E-state index >= 15 is 0 Å². The molecule has 0 bridgehead atoms. The lowest BCUT2D eigenvalue weighted by molar-refractivity contribution is -0.142. The average molecular weight is 218 g/mol. The topological polar surface area (TPSA) is 52.3 Å². The van der Waals surface area contributed by atoms with Crippen molar-refractivity contribution in [2.24, 2.45) is 5.73 Å². The predicted molar refractivity (Wildman–Crippen MR) is 50.4 cm³/mol. The number of hydrogen-bond acceptors (Lipinski definition) is 3. The van der Waals surface area contributed by atoms with Gasteiger partial charge in [-0.3, -0.25) is 4.79 Å². The molecule has 0 heterocycles. The van der Waals surface area contributed by atoms with Crippen LogP contribution in [0.3, 0.4) is 0 Å². The SMILES string of the molecule is COC(=O)[C@H](N)c1cc(F)cc(Cl)c1. The molecule has 0 aliphatic rings. The summed E-state index contributed by atoms with van der Waals surface area (Å²) >= 11 is 5.59. The Balaban J connectivity index is 3.00. The number of methoxy groups -OCH3 is 1. The molecule has 0 radical (unpaired) electrons. The van der Waals surface area contributed by atoms with Gasteiger partial charge in [0, 0.05) is 5.02 Å². The minimum atomic E-state index is -1.01. The molecule has 0 aliphatic carbocycles. The van der Waals surface area contributed by atoms with Gasteiger partial charge in [-0.05, 0) is 23.8 Å². The molecule has 1 atom stereocenters. The summed E-state index contributed by atoms with van der Waals surface area (Å²) in [6, 6.07) is 2.70. The summed E-state index contributed by atoms with van der Waals surface area (Å²) in [6.07, 6.45) is 0. The summed E-state index contributed by atoms with van der Waals surface area (Å²) in [6.45, 7) is 0. The fourth-order valence-electron chi connectivity index (χ4n) is 1.02. The molecule has 1 aromatic rings. The van der Waals surface area contributed by atoms with Crippen LogP contribution in [0.4, 0.5) is 4.39 Å². The van der Waals surface area contributed by atoms with Crippen LogP contribution in [0.25, 0.3) is 0 Å². The molecule has 0 amide bonds. The Labute approximate surface area is 85.6 Å². The summed E-state index contributed by atoms with van der Waals surface area (Å²) in [5, 5.41) is 0.194. The van der Waals surface area contributed by atoms with Crippen LogP contribution < -0.4 is 5.73 Å². The third-order valence-electron chi connectivity index (χ3n) is 1.70. The molecule has 1 rings (SSSR count). The molecule has 2 N–H and O–H groups in total. The monoisotopic (exact) mass is 217 g/mol. The Morgan fingerprint density at radius 1 is 1.57 bits per heavy atom. The number of halogens is 2. The minimum Gasteiger partial charge on any atom is -0.468 e. The number of ether oxygens (including phenoxy) is 1. The van der Waals surface area contributed by atoms with Gasteiger partial charge in [0.15, 0.2) is 0 Å². The molecule has 76 valence electrons. The summed E-state index contributed by atoms with van der Waals surface area (Å²) < 4.78 is 17.3. The van der Waals surface area contributed by atoms with Crippen LogP contribution in [0.1, 0.15) is 11.6 Å². The minimum absolute atomic E-state index is 0.194. The quantitative estimate of drug-likeness (QED) is 0.767. The maximum atomic E-state index is 12.9. The third-order valence-corrected chi connectivity index (χ3v) is 1.92. The molecular weight excluding hydrogens is 209 g/mol. The first-order chi connectivity index (χ1) is 6.54. The molecule has 14 heavy (non-hydrogen) atoms. The zero-order valence-corrected chi connectivity index (χ0v) is 8.22. The van der Waals surface area contributed by atoms with Gasteiger partial charge < -0.3 is 10.5 Å². The highest BCUT2D eigenvalue weighted by molar-refractivity contribution is 6.30. The first-order valence-electron chi connectivity index (χ1n) is 3.84. The molecule has 0 unspecified atom stereocenters. The van der Waals surface area contributed by atoms with Crippen molar-refractivity contribution in [3.05, 3.63) is 34.6 Å². The van der Waals surface area contributed by atoms with E-state index in [9.17, 15) is 9.18 Å². The standard InChI is InChI=1S/C9H9ClFNO2/c1-14-9(13)8(12)5-2-6(10)4-7(11)3-5/h2-4,8H,12H2,1H3/t8-/m1/s1. The smallest absolute Gasteiger partial charge is 0.327 e. The summed E-state index contributed by atoms with van der Waals surface area (Å²) in [5.41, 5.74) is 5.78. The van der Waals surface area contributed by atoms with Crippen LogP contribution in [-0.4, -0.2) is 13.1 Å². The molecule has 0 saturated heterocycles. The first kappa shape index (κ1) is 10.9. The van der Waals surface area contributed by atoms with Gasteiger partial charge in [0.25, 0.3) is 0 Å². The number of rotatable bonds is 2. The van der Waals surface area contributed by atoms with Gasteiger partial charge in [-0.15, -0.1) is 0 Å². The van der Waals surface area contributed by atoms with E-state index in [2.05, 4.69) is 4.74 Å². The van der Waals surface area contributed by atoms with Gasteiger partial charge in [-0.25, -0.2) is 4.39 Å². The zero-order valence-electron chi connectivity index (χ0n) is 7.46. The van der Waals surface area contributed by atoms with Crippen molar-refractivity contribution in [1.82, 2.24) is 0 Å². The van der Waals surface area contributed by atoms with Crippen molar-refractivity contribution in [3.8, 4) is 0 Å². The van der Waals surface area contributed by atoms with Gasteiger partial charge in [-0.1, -0.05) is 11.6 Å². The second-order valence-electron chi connectivity index (χ2n) is 2.70. The average Bonchev–Trinajstić information content (AvgIpc) is 2.14. The van der Waals surface area contributed by atoms with Crippen molar-refractivity contribution < 1.29 is 13.9 Å². The molecule has 0 spiro atoms. The number of nitrogens with two attached hydrogens (primary N) is 1. The van der Waals surface area contributed by atoms with Crippen molar-refractivity contribution in [2.75, 3.05) is 7.11 Å². The van der Waals surface area contributed by atoms with E-state index in [1.165, 1.54) is 13.2 Å². The number of carbonyl (C=O) groups excluding carboxylic acids is 1. The van der Waals surface area contributed by atoms with E-state index in [1.807, 2.05) is 0 Å². The van der Waals surface area contributed by atoms with E-state index in [0.29, 0.717) is 5.56 Å². The normalized spacial score (nSPS) is 12.3. The van der Waals surface area contributed by atoms with E-state index < -0.39 is 17.8 Å². The van der Waals surface area contributed by atoms with Crippen LogP contribution in [0.5, 0.6) is 0 Å². The second kappa shape index (κ2) is 4.39. The fraction of sp³-hybridized carbons (Fsp3) is 0.222. The summed E-state index contributed by atoms with van der Waals surface area (Å²) in [4.78, 5) is 11.0. The number of benzene rings is 1. The molecule has 3 nitrogen and oxygen atoms in total. The largest absolute Gasteiger partial charge is 0.468 e. The van der Waals surface area contributed by atoms with Crippen LogP contribution in [0.2, 0.25) is 5.02 Å². The summed E-state index contributed by atoms with van der Waals surface area (Å²) in [5.74, 6) is -1.17. The molecule has 0 aliphatic heterocycles. The predicted octanol–water partition coefficient (Wildman–Crippen LogP) is 1.65. The van der Waals surface area contributed by atoms with Gasteiger partial charge >= 0.3 is 5.97 Å². The molecular formula is C9H9ClFNO2. The van der Waals surface area contributed by atoms with E-state index in [4.69, 9.17) is 17.3 Å². The Hall–Kier alpha value is -1.13. The number of esters is 1. The van der Waals surface area contributed by atoms with Crippen molar-refractivity contribution >= 4 is 17.6 Å². The molecule has 1 aromatic carbocycles. The van der Waals surface area contributed by atoms with Crippen LogP contribution >= 0.6 is 11.6 Å². The Morgan fingerprint density at radius 2 is 2.21 bits per heavy atom. The highest BCUT2D eigenvalue weighted by atomic mass is 35.5. The third kappa shape index (κ3) is 2.43. The van der Waals surface area contributed by atoms with Crippen molar-refractivity contribution in [3.63, 3.8) is 0 Å². The van der Waals surface area contributed by atoms with Crippen molar-refractivity contribution in [1.29, 1.82) is 0 Å². The number of carbonyl (C=O) groups is 1. The van der Waals surface area contributed by atoms with Gasteiger partial charge in [0.1, 0.15) is 11.9 Å². The second-order valence-corrected chi connectivity index (χ2v) is 3.14. The molecule has 0 saturated carbocycles. The Bertz CT molecular complexity index is 336. The zero-order chi connectivity index (χ0) is 10.7. The van der Waals surface area contributed by atoms with E-state index in [0.717, 1.165) is 12.1 Å². The molecule has 0 fully saturated rings. The molecule has 5 heteroatoms. The lowest BCUT2D eigenvalue weighted by Crippen LogP contribution is -2.22. The summed E-state index contributed by atoms with van der Waals surface area (Å²) in [7, 11) is 1.21. The van der Waals surface area contributed by atoms with Gasteiger partial charge in [-0.2, -0.15) is 0 Å². The Kier molecular flexibility index (Phi) is 3.43. The number of hydrogen-bond donors (Lipinski definition) is 1. The van der Waals surface area contributed by atoms with Crippen LogP contribution in [-0.2, 0) is 9.53 Å². The highest BCUT2D eigenvalue weighted by Crippen LogP contribution is 2.19. The van der Waals surface area contributed by atoms with E-state index in [1.54, 1.807) is 0 Å². The van der Waals surface area contributed by atoms with E-state index in [-0.39, 0.29) is 5.02 Å². The lowest BCUT2D eigenvalue weighted by Gasteiger charge is -2.09.